The third kappa shape index (κ3) is 4.11. The van der Waals surface area contributed by atoms with Crippen molar-refractivity contribution in [3.05, 3.63) is 74.4 Å². The molecule has 134 valence electrons. The highest BCUT2D eigenvalue weighted by atomic mass is 79.9. The number of carbonyl (C=O) groups excluding carboxylic acids is 1. The van der Waals surface area contributed by atoms with Crippen LogP contribution in [0.15, 0.2) is 53.1 Å². The fourth-order valence-electron chi connectivity index (χ4n) is 2.82. The normalized spacial score (nSPS) is 12.1. The molecule has 0 aliphatic heterocycles. The Bertz CT molecular complexity index is 950. The first kappa shape index (κ1) is 18.1. The number of aromatic amines is 1. The van der Waals surface area contributed by atoms with Gasteiger partial charge in [0, 0.05) is 39.7 Å². The van der Waals surface area contributed by atoms with Gasteiger partial charge >= 0.3 is 0 Å². The van der Waals surface area contributed by atoms with Gasteiger partial charge in [0.25, 0.3) is 11.6 Å². The van der Waals surface area contributed by atoms with Gasteiger partial charge in [-0.3, -0.25) is 14.9 Å². The van der Waals surface area contributed by atoms with Crippen molar-refractivity contribution < 1.29 is 9.72 Å². The number of H-pyrrole nitrogens is 1. The lowest BCUT2D eigenvalue weighted by Gasteiger charge is -2.13. The number of carbonyl (C=O) groups is 1. The average molecular weight is 416 g/mol. The van der Waals surface area contributed by atoms with E-state index in [2.05, 4.69) is 38.4 Å². The summed E-state index contributed by atoms with van der Waals surface area (Å²) in [6, 6.07) is 12.5. The molecule has 0 spiro atoms. The minimum absolute atomic E-state index is 0.0187. The molecule has 7 heteroatoms. The quantitative estimate of drug-likeness (QED) is 0.455. The second-order valence-electron chi connectivity index (χ2n) is 6.23. The molecule has 1 atom stereocenters. The minimum atomic E-state index is -0.463. The first-order valence-corrected chi connectivity index (χ1v) is 9.04. The van der Waals surface area contributed by atoms with Gasteiger partial charge in [0.15, 0.2) is 0 Å². The molecule has 0 saturated carbocycles. The molecule has 0 aliphatic rings. The van der Waals surface area contributed by atoms with Crippen LogP contribution in [0.25, 0.3) is 10.9 Å². The number of amides is 1. The van der Waals surface area contributed by atoms with E-state index in [1.807, 2.05) is 19.1 Å². The summed E-state index contributed by atoms with van der Waals surface area (Å²) in [7, 11) is 0. The predicted octanol–water partition coefficient (Wildman–Crippen LogP) is 4.59. The number of nitrogens with one attached hydrogen (secondary N) is 2. The fraction of sp³-hybridized carbons (Fsp3) is 0.211. The van der Waals surface area contributed by atoms with Crippen molar-refractivity contribution in [3.63, 3.8) is 0 Å². The van der Waals surface area contributed by atoms with Gasteiger partial charge in [0.2, 0.25) is 0 Å². The number of halogens is 1. The Morgan fingerprint density at radius 3 is 2.69 bits per heavy atom. The summed E-state index contributed by atoms with van der Waals surface area (Å²) in [6.07, 6.45) is 3.25. The largest absolute Gasteiger partial charge is 0.360 e. The van der Waals surface area contributed by atoms with E-state index >= 15 is 0 Å². The molecular formula is C19H18BrN3O3. The van der Waals surface area contributed by atoms with E-state index in [0.29, 0.717) is 16.5 Å². The molecule has 0 saturated heterocycles. The van der Waals surface area contributed by atoms with Crippen LogP contribution in [0.4, 0.5) is 5.69 Å². The van der Waals surface area contributed by atoms with Crippen LogP contribution in [0.5, 0.6) is 0 Å². The van der Waals surface area contributed by atoms with Gasteiger partial charge in [-0.15, -0.1) is 0 Å². The van der Waals surface area contributed by atoms with E-state index in [4.69, 9.17) is 0 Å². The molecular weight excluding hydrogens is 398 g/mol. The van der Waals surface area contributed by atoms with Gasteiger partial charge in [0.1, 0.15) is 0 Å². The van der Waals surface area contributed by atoms with Crippen LogP contribution < -0.4 is 5.32 Å². The molecule has 2 N–H and O–H groups in total. The van der Waals surface area contributed by atoms with Crippen molar-refractivity contribution in [3.8, 4) is 0 Å². The van der Waals surface area contributed by atoms with Crippen molar-refractivity contribution in [2.24, 2.45) is 0 Å². The summed E-state index contributed by atoms with van der Waals surface area (Å²) in [5.41, 5.74) is 2.29. The number of rotatable bonds is 6. The monoisotopic (exact) mass is 415 g/mol. The van der Waals surface area contributed by atoms with Gasteiger partial charge in [-0.25, -0.2) is 0 Å². The van der Waals surface area contributed by atoms with E-state index in [1.165, 1.54) is 17.7 Å². The Balaban J connectivity index is 1.67. The van der Waals surface area contributed by atoms with Crippen molar-refractivity contribution in [1.82, 2.24) is 10.3 Å². The Morgan fingerprint density at radius 2 is 2.00 bits per heavy atom. The molecule has 0 aliphatic carbocycles. The Kier molecular flexibility index (Phi) is 5.37. The van der Waals surface area contributed by atoms with Gasteiger partial charge in [-0.1, -0.05) is 28.1 Å². The number of aromatic nitrogens is 1. The van der Waals surface area contributed by atoms with Crippen molar-refractivity contribution in [2.45, 2.75) is 25.8 Å². The molecule has 26 heavy (non-hydrogen) atoms. The highest BCUT2D eigenvalue weighted by molar-refractivity contribution is 9.10. The molecule has 2 aromatic carbocycles. The SMILES string of the molecule is CC(CCc1ccc(Br)cc1)NC(=O)c1c[nH]c2ccc([N+](=O)[O-])cc12. The van der Waals surface area contributed by atoms with Crippen LogP contribution in [-0.4, -0.2) is 21.9 Å². The lowest BCUT2D eigenvalue weighted by molar-refractivity contribution is -0.384. The number of aryl methyl sites for hydroxylation is 1. The number of benzene rings is 2. The number of hydrogen-bond donors (Lipinski definition) is 2. The number of fused-ring (bicyclic) bond motifs is 1. The van der Waals surface area contributed by atoms with Gasteiger partial charge in [0.05, 0.1) is 10.5 Å². The van der Waals surface area contributed by atoms with Gasteiger partial charge in [-0.2, -0.15) is 0 Å². The van der Waals surface area contributed by atoms with Gasteiger partial charge < -0.3 is 10.3 Å². The zero-order valence-electron chi connectivity index (χ0n) is 14.2. The maximum atomic E-state index is 12.6. The lowest BCUT2D eigenvalue weighted by Crippen LogP contribution is -2.32. The molecule has 0 radical (unpaired) electrons. The molecule has 1 heterocycles. The number of nitrogens with zero attached hydrogens (tertiary/aromatic N) is 1. The summed E-state index contributed by atoms with van der Waals surface area (Å²) in [6.45, 7) is 1.95. The summed E-state index contributed by atoms with van der Waals surface area (Å²) in [4.78, 5) is 26.0. The van der Waals surface area contributed by atoms with Crippen LogP contribution in [0.2, 0.25) is 0 Å². The zero-order chi connectivity index (χ0) is 18.7. The van der Waals surface area contributed by atoms with Gasteiger partial charge in [-0.05, 0) is 43.5 Å². The smallest absolute Gasteiger partial charge is 0.270 e. The second kappa shape index (κ2) is 7.70. The number of nitro benzene ring substituents is 1. The van der Waals surface area contributed by atoms with Crippen molar-refractivity contribution in [1.29, 1.82) is 0 Å². The predicted molar refractivity (Wildman–Crippen MR) is 104 cm³/mol. The number of non-ortho nitro benzene ring substituents is 1. The maximum absolute atomic E-state index is 12.6. The van der Waals surface area contributed by atoms with Crippen molar-refractivity contribution >= 4 is 38.4 Å². The standard InChI is InChI=1S/C19H18BrN3O3/c1-12(2-3-13-4-6-14(20)7-5-13)22-19(24)17-11-21-18-9-8-15(23(25)26)10-16(17)18/h4-12,21H,2-3H2,1H3,(H,22,24). The highest BCUT2D eigenvalue weighted by Crippen LogP contribution is 2.23. The molecule has 1 unspecified atom stereocenters. The van der Waals surface area contributed by atoms with Crippen LogP contribution >= 0.6 is 15.9 Å². The van der Waals surface area contributed by atoms with Crippen molar-refractivity contribution in [2.75, 3.05) is 0 Å². The second-order valence-corrected chi connectivity index (χ2v) is 7.14. The molecule has 0 bridgehead atoms. The molecule has 1 amide bonds. The topological polar surface area (TPSA) is 88.0 Å². The van der Waals surface area contributed by atoms with Crippen LogP contribution in [0, 0.1) is 10.1 Å². The molecule has 6 nitrogen and oxygen atoms in total. The van der Waals surface area contributed by atoms with E-state index < -0.39 is 4.92 Å². The number of nitro groups is 1. The average Bonchev–Trinajstić information content (AvgIpc) is 3.04. The molecule has 3 rings (SSSR count). The van der Waals surface area contributed by atoms with Crippen LogP contribution in [-0.2, 0) is 6.42 Å². The third-order valence-electron chi connectivity index (χ3n) is 4.28. The van der Waals surface area contributed by atoms with E-state index in [0.717, 1.165) is 17.3 Å². The zero-order valence-corrected chi connectivity index (χ0v) is 15.7. The Hall–Kier alpha value is -2.67. The fourth-order valence-corrected chi connectivity index (χ4v) is 3.08. The third-order valence-corrected chi connectivity index (χ3v) is 4.81. The van der Waals surface area contributed by atoms with E-state index in [-0.39, 0.29) is 17.6 Å². The van der Waals surface area contributed by atoms with E-state index in [9.17, 15) is 14.9 Å². The van der Waals surface area contributed by atoms with E-state index in [1.54, 1.807) is 12.3 Å². The summed E-state index contributed by atoms with van der Waals surface area (Å²) >= 11 is 3.41. The first-order chi connectivity index (χ1) is 12.4. The van der Waals surface area contributed by atoms with Crippen LogP contribution in [0.3, 0.4) is 0 Å². The molecule has 0 fully saturated rings. The molecule has 1 aromatic heterocycles. The summed E-state index contributed by atoms with van der Waals surface area (Å²) in [5.74, 6) is -0.236. The Morgan fingerprint density at radius 1 is 1.27 bits per heavy atom. The first-order valence-electron chi connectivity index (χ1n) is 8.25. The molecule has 3 aromatic rings. The Labute approximate surface area is 158 Å². The number of hydrogen-bond acceptors (Lipinski definition) is 3. The highest BCUT2D eigenvalue weighted by Gasteiger charge is 2.17. The maximum Gasteiger partial charge on any atom is 0.270 e. The summed E-state index contributed by atoms with van der Waals surface area (Å²) < 4.78 is 1.04. The lowest BCUT2D eigenvalue weighted by atomic mass is 10.1. The summed E-state index contributed by atoms with van der Waals surface area (Å²) in [5, 5.41) is 14.5. The minimum Gasteiger partial charge on any atom is -0.360 e. The van der Waals surface area contributed by atoms with Crippen LogP contribution in [0.1, 0.15) is 29.3 Å².